The lowest BCUT2D eigenvalue weighted by Gasteiger charge is -2.36. The zero-order chi connectivity index (χ0) is 27.9. The van der Waals surface area contributed by atoms with Crippen LogP contribution < -0.4 is 5.32 Å². The van der Waals surface area contributed by atoms with E-state index >= 15 is 0 Å². The number of benzene rings is 2. The highest BCUT2D eigenvalue weighted by Crippen LogP contribution is 2.27. The lowest BCUT2D eigenvalue weighted by molar-refractivity contribution is -0.170. The standard InChI is InChI=1S/C29H40N4O5/c1-29(2,3)33(28(36)37)19-23-16-17-32(27(35)25(30-23)18-26(34)31(4)38-5)20-24(21-12-8-6-9-13-21)22-14-10-7-11-15-22/h6-15,23-25,30H,16-20H2,1-5H3,(H,36,37)/t23-,25-/m0/s1. The highest BCUT2D eigenvalue weighted by Gasteiger charge is 2.37. The van der Waals surface area contributed by atoms with E-state index in [1.807, 2.05) is 62.1 Å². The molecule has 1 heterocycles. The van der Waals surface area contributed by atoms with Gasteiger partial charge in [-0.25, -0.2) is 9.86 Å². The Morgan fingerprint density at radius 2 is 1.63 bits per heavy atom. The maximum atomic E-state index is 13.9. The highest BCUT2D eigenvalue weighted by atomic mass is 16.7. The van der Waals surface area contributed by atoms with Crippen LogP contribution in [0.2, 0.25) is 0 Å². The summed E-state index contributed by atoms with van der Waals surface area (Å²) in [5.74, 6) is -0.576. The molecule has 1 aliphatic heterocycles. The highest BCUT2D eigenvalue weighted by molar-refractivity contribution is 5.88. The molecular formula is C29H40N4O5. The summed E-state index contributed by atoms with van der Waals surface area (Å²) >= 11 is 0. The summed E-state index contributed by atoms with van der Waals surface area (Å²) in [6.45, 7) is 6.60. The number of carboxylic acid groups (broad SMARTS) is 1. The van der Waals surface area contributed by atoms with E-state index in [1.54, 1.807) is 0 Å². The Hall–Kier alpha value is -3.43. The molecule has 3 amide bonds. The second-order valence-corrected chi connectivity index (χ2v) is 10.7. The number of rotatable bonds is 9. The van der Waals surface area contributed by atoms with Crippen molar-refractivity contribution in [1.29, 1.82) is 0 Å². The number of carbonyl (C=O) groups excluding carboxylic acids is 2. The first-order valence-electron chi connectivity index (χ1n) is 13.0. The van der Waals surface area contributed by atoms with E-state index in [-0.39, 0.29) is 36.7 Å². The SMILES string of the molecule is CON(C)C(=O)C[C@@H]1N[C@H](CN(C(=O)O)C(C)(C)C)CCN(CC(c2ccccc2)c2ccccc2)C1=O. The summed E-state index contributed by atoms with van der Waals surface area (Å²) in [5.41, 5.74) is 1.57. The minimum absolute atomic E-state index is 0.0546. The van der Waals surface area contributed by atoms with E-state index in [2.05, 4.69) is 29.6 Å². The number of nitrogens with one attached hydrogen (secondary N) is 1. The summed E-state index contributed by atoms with van der Waals surface area (Å²) < 4.78 is 0. The van der Waals surface area contributed by atoms with Gasteiger partial charge < -0.3 is 20.2 Å². The molecule has 1 fully saturated rings. The minimum Gasteiger partial charge on any atom is -0.465 e. The molecule has 0 aromatic heterocycles. The molecule has 0 unspecified atom stereocenters. The molecule has 2 aromatic rings. The average Bonchev–Trinajstić information content (AvgIpc) is 3.03. The lowest BCUT2D eigenvalue weighted by atomic mass is 9.90. The van der Waals surface area contributed by atoms with Gasteiger partial charge in [0.05, 0.1) is 19.6 Å². The van der Waals surface area contributed by atoms with Gasteiger partial charge in [-0.05, 0) is 38.3 Å². The van der Waals surface area contributed by atoms with Crippen molar-refractivity contribution < 1.29 is 24.3 Å². The van der Waals surface area contributed by atoms with E-state index < -0.39 is 17.7 Å². The number of nitrogens with zero attached hydrogens (tertiary/aromatic N) is 3. The molecule has 0 spiro atoms. The van der Waals surface area contributed by atoms with Crippen molar-refractivity contribution in [3.63, 3.8) is 0 Å². The van der Waals surface area contributed by atoms with Gasteiger partial charge >= 0.3 is 6.09 Å². The van der Waals surface area contributed by atoms with Crippen molar-refractivity contribution in [2.45, 2.75) is 57.2 Å². The van der Waals surface area contributed by atoms with Gasteiger partial charge in [-0.2, -0.15) is 0 Å². The summed E-state index contributed by atoms with van der Waals surface area (Å²) in [5, 5.41) is 14.3. The Morgan fingerprint density at radius 3 is 2.11 bits per heavy atom. The predicted molar refractivity (Wildman–Crippen MR) is 146 cm³/mol. The van der Waals surface area contributed by atoms with E-state index in [4.69, 9.17) is 4.84 Å². The van der Waals surface area contributed by atoms with Crippen LogP contribution in [0.25, 0.3) is 0 Å². The van der Waals surface area contributed by atoms with Crippen molar-refractivity contribution in [1.82, 2.24) is 20.2 Å². The molecule has 9 heteroatoms. The first kappa shape index (κ1) is 29.1. The Morgan fingerprint density at radius 1 is 1.08 bits per heavy atom. The predicted octanol–water partition coefficient (Wildman–Crippen LogP) is 3.57. The third-order valence-corrected chi connectivity index (χ3v) is 7.05. The normalized spacial score (nSPS) is 18.3. The maximum Gasteiger partial charge on any atom is 0.407 e. The molecule has 2 aromatic carbocycles. The van der Waals surface area contributed by atoms with Gasteiger partial charge in [0.25, 0.3) is 0 Å². The van der Waals surface area contributed by atoms with Crippen LogP contribution in [-0.2, 0) is 14.4 Å². The Labute approximate surface area is 225 Å². The Bertz CT molecular complexity index is 1030. The summed E-state index contributed by atoms with van der Waals surface area (Å²) in [6, 6.07) is 19.0. The number of hydrogen-bond acceptors (Lipinski definition) is 5. The van der Waals surface area contributed by atoms with Crippen LogP contribution in [0, 0.1) is 0 Å². The first-order valence-corrected chi connectivity index (χ1v) is 13.0. The van der Waals surface area contributed by atoms with Crippen molar-refractivity contribution in [2.24, 2.45) is 0 Å². The third kappa shape index (κ3) is 7.55. The molecule has 0 saturated carbocycles. The van der Waals surface area contributed by atoms with Crippen molar-refractivity contribution in [3.05, 3.63) is 71.8 Å². The molecule has 1 saturated heterocycles. The van der Waals surface area contributed by atoms with Crippen molar-refractivity contribution in [3.8, 4) is 0 Å². The van der Waals surface area contributed by atoms with Gasteiger partial charge in [-0.15, -0.1) is 0 Å². The second kappa shape index (κ2) is 12.9. The van der Waals surface area contributed by atoms with Gasteiger partial charge in [-0.1, -0.05) is 60.7 Å². The largest absolute Gasteiger partial charge is 0.465 e. The van der Waals surface area contributed by atoms with Gasteiger partial charge in [0, 0.05) is 44.2 Å². The summed E-state index contributed by atoms with van der Waals surface area (Å²) in [7, 11) is 2.90. The fourth-order valence-electron chi connectivity index (χ4n) is 4.81. The molecule has 1 aliphatic rings. The van der Waals surface area contributed by atoms with Crippen LogP contribution in [0.5, 0.6) is 0 Å². The maximum absolute atomic E-state index is 13.9. The number of hydroxylamine groups is 2. The van der Waals surface area contributed by atoms with E-state index in [0.717, 1.165) is 16.2 Å². The van der Waals surface area contributed by atoms with E-state index in [1.165, 1.54) is 19.1 Å². The van der Waals surface area contributed by atoms with Crippen LogP contribution in [0.4, 0.5) is 4.79 Å². The third-order valence-electron chi connectivity index (χ3n) is 7.05. The van der Waals surface area contributed by atoms with Crippen LogP contribution in [-0.4, -0.2) is 89.3 Å². The lowest BCUT2D eigenvalue weighted by Crippen LogP contribution is -2.54. The molecule has 2 atom stereocenters. The van der Waals surface area contributed by atoms with Crippen LogP contribution in [0.3, 0.4) is 0 Å². The Kier molecular flexibility index (Phi) is 9.88. The molecule has 9 nitrogen and oxygen atoms in total. The molecular weight excluding hydrogens is 484 g/mol. The average molecular weight is 525 g/mol. The molecule has 3 rings (SSSR count). The number of hydrogen-bond donors (Lipinski definition) is 2. The van der Waals surface area contributed by atoms with E-state index in [0.29, 0.717) is 19.5 Å². The fourth-order valence-corrected chi connectivity index (χ4v) is 4.81. The van der Waals surface area contributed by atoms with Crippen molar-refractivity contribution in [2.75, 3.05) is 33.8 Å². The van der Waals surface area contributed by atoms with Crippen molar-refractivity contribution >= 4 is 17.9 Å². The Balaban J connectivity index is 1.91. The van der Waals surface area contributed by atoms with Gasteiger partial charge in [-0.3, -0.25) is 14.4 Å². The molecule has 0 aliphatic carbocycles. The number of carbonyl (C=O) groups is 3. The van der Waals surface area contributed by atoms with Crippen LogP contribution in [0.15, 0.2) is 60.7 Å². The molecule has 38 heavy (non-hydrogen) atoms. The molecule has 206 valence electrons. The summed E-state index contributed by atoms with van der Waals surface area (Å²) in [6.07, 6.45) is -0.570. The summed E-state index contributed by atoms with van der Waals surface area (Å²) in [4.78, 5) is 46.9. The molecule has 2 N–H and O–H groups in total. The zero-order valence-corrected chi connectivity index (χ0v) is 23.0. The topological polar surface area (TPSA) is 102 Å². The fraction of sp³-hybridized carbons (Fsp3) is 0.483. The van der Waals surface area contributed by atoms with Gasteiger partial charge in [0.15, 0.2) is 0 Å². The zero-order valence-electron chi connectivity index (χ0n) is 23.0. The van der Waals surface area contributed by atoms with Crippen LogP contribution in [0.1, 0.15) is 50.7 Å². The van der Waals surface area contributed by atoms with E-state index in [9.17, 15) is 19.5 Å². The van der Waals surface area contributed by atoms with Gasteiger partial charge in [0.2, 0.25) is 11.8 Å². The van der Waals surface area contributed by atoms with Gasteiger partial charge in [0.1, 0.15) is 0 Å². The second-order valence-electron chi connectivity index (χ2n) is 10.7. The quantitative estimate of drug-likeness (QED) is 0.487. The monoisotopic (exact) mass is 524 g/mol. The number of amides is 3. The smallest absolute Gasteiger partial charge is 0.407 e. The van der Waals surface area contributed by atoms with Crippen LogP contribution >= 0.6 is 0 Å². The first-order chi connectivity index (χ1) is 18.0. The molecule has 0 radical (unpaired) electrons. The molecule has 0 bridgehead atoms. The minimum atomic E-state index is -1.02.